The Hall–Kier alpha value is -3.84. The zero-order valence-corrected chi connectivity index (χ0v) is 25.1. The molecular formula is C29H37FN6O6. The van der Waals surface area contributed by atoms with Crippen molar-refractivity contribution in [3.8, 4) is 11.4 Å². The summed E-state index contributed by atoms with van der Waals surface area (Å²) >= 11 is 0. The third kappa shape index (κ3) is 5.38. The quantitative estimate of drug-likeness (QED) is 0.416. The first-order chi connectivity index (χ1) is 19.7. The molecule has 0 bridgehead atoms. The van der Waals surface area contributed by atoms with Gasteiger partial charge in [-0.3, -0.25) is 14.2 Å². The average molecular weight is 585 g/mol. The number of nitrogens with zero attached hydrogens (tertiary/aromatic N) is 6. The molecule has 1 saturated heterocycles. The van der Waals surface area contributed by atoms with Gasteiger partial charge >= 0.3 is 12.1 Å². The van der Waals surface area contributed by atoms with E-state index in [0.29, 0.717) is 43.7 Å². The Bertz CT molecular complexity index is 1600. The number of ether oxygens (including phenoxy) is 3. The Morgan fingerprint density at radius 2 is 1.90 bits per heavy atom. The lowest BCUT2D eigenvalue weighted by molar-refractivity contribution is -0.141. The van der Waals surface area contributed by atoms with Gasteiger partial charge in [0, 0.05) is 19.6 Å². The summed E-state index contributed by atoms with van der Waals surface area (Å²) in [5, 5.41) is 4.42. The van der Waals surface area contributed by atoms with Gasteiger partial charge in [-0.25, -0.2) is 9.18 Å². The van der Waals surface area contributed by atoms with Gasteiger partial charge in [0.2, 0.25) is 5.78 Å². The van der Waals surface area contributed by atoms with E-state index in [1.54, 1.807) is 49.3 Å². The van der Waals surface area contributed by atoms with Crippen LogP contribution in [0.4, 0.5) is 9.18 Å². The van der Waals surface area contributed by atoms with Gasteiger partial charge in [-0.1, -0.05) is 6.07 Å². The van der Waals surface area contributed by atoms with E-state index in [1.807, 2.05) is 19.0 Å². The fourth-order valence-electron chi connectivity index (χ4n) is 5.79. The molecule has 1 fully saturated rings. The molecule has 0 N–H and O–H groups in total. The third-order valence-electron chi connectivity index (χ3n) is 7.54. The molecule has 1 spiro atoms. The van der Waals surface area contributed by atoms with Crippen LogP contribution in [0.15, 0.2) is 23.0 Å². The molecule has 12 nitrogen and oxygen atoms in total. The number of rotatable bonds is 5. The molecule has 13 heteroatoms. The third-order valence-corrected chi connectivity index (χ3v) is 7.54. The number of piperidine rings is 1. The summed E-state index contributed by atoms with van der Waals surface area (Å²) in [5.41, 5.74) is -0.351. The summed E-state index contributed by atoms with van der Waals surface area (Å²) < 4.78 is 34.8. The molecule has 4 heterocycles. The second-order valence-electron chi connectivity index (χ2n) is 12.1. The number of likely N-dealkylation sites (tertiary alicyclic amines) is 1. The summed E-state index contributed by atoms with van der Waals surface area (Å²) in [6.45, 7) is 8.14. The van der Waals surface area contributed by atoms with E-state index in [0.717, 1.165) is 10.1 Å². The Labute approximate surface area is 243 Å². The van der Waals surface area contributed by atoms with E-state index in [-0.39, 0.29) is 23.7 Å². The van der Waals surface area contributed by atoms with Crippen molar-refractivity contribution in [3.05, 3.63) is 51.2 Å². The fraction of sp³-hybridized carbons (Fsp3) is 0.552. The second-order valence-corrected chi connectivity index (χ2v) is 12.1. The Morgan fingerprint density at radius 3 is 2.50 bits per heavy atom. The topological polar surface area (TPSA) is 120 Å². The van der Waals surface area contributed by atoms with Crippen molar-refractivity contribution < 1.29 is 28.2 Å². The lowest BCUT2D eigenvalue weighted by atomic mass is 9.85. The highest BCUT2D eigenvalue weighted by atomic mass is 19.1. The number of hydrogen-bond acceptors (Lipinski definition) is 9. The first kappa shape index (κ1) is 29.6. The van der Waals surface area contributed by atoms with Crippen LogP contribution >= 0.6 is 0 Å². The molecule has 226 valence electrons. The highest BCUT2D eigenvalue weighted by molar-refractivity contribution is 5.70. The highest BCUT2D eigenvalue weighted by Crippen LogP contribution is 2.48. The zero-order chi connectivity index (χ0) is 30.6. The number of benzene rings is 1. The molecule has 1 aromatic carbocycles. The second kappa shape index (κ2) is 10.8. The van der Waals surface area contributed by atoms with Crippen LogP contribution in [0.5, 0.6) is 0 Å². The molecule has 1 amide bonds. The first-order valence-corrected chi connectivity index (χ1v) is 13.9. The van der Waals surface area contributed by atoms with Crippen molar-refractivity contribution in [2.75, 3.05) is 34.3 Å². The number of esters is 1. The number of methoxy groups -OCH3 is 1. The summed E-state index contributed by atoms with van der Waals surface area (Å²) in [5.74, 6) is -0.980. The molecule has 2 aliphatic rings. The predicted molar refractivity (Wildman–Crippen MR) is 150 cm³/mol. The molecule has 0 radical (unpaired) electrons. The Morgan fingerprint density at radius 1 is 1.21 bits per heavy atom. The lowest BCUT2D eigenvalue weighted by Gasteiger charge is -2.39. The smallest absolute Gasteiger partial charge is 0.410 e. The van der Waals surface area contributed by atoms with E-state index in [1.165, 1.54) is 13.2 Å². The molecule has 42 heavy (non-hydrogen) atoms. The van der Waals surface area contributed by atoms with Crippen LogP contribution < -0.4 is 5.56 Å². The van der Waals surface area contributed by atoms with E-state index in [9.17, 15) is 14.4 Å². The zero-order valence-electron chi connectivity index (χ0n) is 25.1. The highest BCUT2D eigenvalue weighted by Gasteiger charge is 2.50. The molecule has 0 saturated carbocycles. The van der Waals surface area contributed by atoms with Crippen molar-refractivity contribution in [2.24, 2.45) is 0 Å². The first-order valence-electron chi connectivity index (χ1n) is 13.9. The van der Waals surface area contributed by atoms with Crippen LogP contribution in [-0.4, -0.2) is 80.9 Å². The van der Waals surface area contributed by atoms with Crippen molar-refractivity contribution in [2.45, 2.75) is 70.9 Å². The maximum Gasteiger partial charge on any atom is 0.410 e. The van der Waals surface area contributed by atoms with Crippen LogP contribution in [-0.2, 0) is 37.7 Å². The Balaban J connectivity index is 1.60. The average Bonchev–Trinajstić information content (AvgIpc) is 3.45. The monoisotopic (exact) mass is 584 g/mol. The van der Waals surface area contributed by atoms with Crippen LogP contribution in [0.25, 0.3) is 17.2 Å². The van der Waals surface area contributed by atoms with Crippen LogP contribution in [0.1, 0.15) is 63.5 Å². The normalized spacial score (nSPS) is 18.1. The molecule has 0 aliphatic carbocycles. The van der Waals surface area contributed by atoms with E-state index >= 15 is 4.39 Å². The van der Waals surface area contributed by atoms with Crippen molar-refractivity contribution in [1.82, 2.24) is 29.0 Å². The van der Waals surface area contributed by atoms with Gasteiger partial charge in [0.15, 0.2) is 5.82 Å². The van der Waals surface area contributed by atoms with Gasteiger partial charge in [0.25, 0.3) is 5.56 Å². The van der Waals surface area contributed by atoms with Gasteiger partial charge in [0.05, 0.1) is 30.0 Å². The largest absolute Gasteiger partial charge is 0.468 e. The van der Waals surface area contributed by atoms with E-state index in [4.69, 9.17) is 14.2 Å². The van der Waals surface area contributed by atoms with Gasteiger partial charge in [-0.15, -0.1) is 5.10 Å². The van der Waals surface area contributed by atoms with Gasteiger partial charge in [-0.05, 0) is 72.3 Å². The Kier molecular flexibility index (Phi) is 7.60. The van der Waals surface area contributed by atoms with E-state index < -0.39 is 40.7 Å². The minimum absolute atomic E-state index is 0.0191. The van der Waals surface area contributed by atoms with Crippen molar-refractivity contribution in [1.29, 1.82) is 0 Å². The predicted octanol–water partition coefficient (Wildman–Crippen LogP) is 3.25. The maximum absolute atomic E-state index is 15.2. The van der Waals surface area contributed by atoms with Crippen LogP contribution in [0, 0.1) is 5.82 Å². The summed E-state index contributed by atoms with van der Waals surface area (Å²) in [4.78, 5) is 47.4. The number of aromatic nitrogens is 4. The molecule has 1 atom stereocenters. The molecule has 2 aliphatic heterocycles. The van der Waals surface area contributed by atoms with Crippen LogP contribution in [0.2, 0.25) is 0 Å². The number of halogens is 1. The minimum Gasteiger partial charge on any atom is -0.468 e. The molecule has 3 aromatic rings. The van der Waals surface area contributed by atoms with Crippen molar-refractivity contribution >= 4 is 17.8 Å². The van der Waals surface area contributed by atoms with Crippen LogP contribution in [0.3, 0.4) is 0 Å². The number of fused-ring (bicyclic) bond motifs is 3. The molecule has 1 unspecified atom stereocenters. The molecule has 2 aromatic heterocycles. The van der Waals surface area contributed by atoms with Gasteiger partial charge < -0.3 is 24.0 Å². The van der Waals surface area contributed by atoms with Gasteiger partial charge in [0.1, 0.15) is 23.6 Å². The van der Waals surface area contributed by atoms with Crippen molar-refractivity contribution in [3.63, 3.8) is 0 Å². The number of hydrogen-bond donors (Lipinski definition) is 0. The fourth-order valence-corrected chi connectivity index (χ4v) is 5.79. The van der Waals surface area contributed by atoms with Gasteiger partial charge in [-0.2, -0.15) is 9.50 Å². The summed E-state index contributed by atoms with van der Waals surface area (Å²) in [6.07, 6.45) is -0.322. The van der Waals surface area contributed by atoms with E-state index in [2.05, 4.69) is 10.1 Å². The number of carbonyl (C=O) groups is 2. The standard InChI is InChI=1S/C29H37FN6O6/c1-17-23-22(29(41-17)10-12-34(13-11-29)27(39)42-28(2,3)4)25(38)36-26(35(23)16-21(37)40-7)31-24(32-36)19-9-8-18(14-20(19)30)15-33(5)6/h8-9,14,17H,10-13,15-16H2,1-7H3. The molecule has 5 rings (SSSR count). The minimum atomic E-state index is -1.01. The number of amides is 1. The summed E-state index contributed by atoms with van der Waals surface area (Å²) in [6, 6.07) is 4.80. The number of carbonyl (C=O) groups excluding carboxylic acids is 2. The maximum atomic E-state index is 15.2. The summed E-state index contributed by atoms with van der Waals surface area (Å²) in [7, 11) is 5.06. The molecular weight excluding hydrogens is 547 g/mol. The lowest BCUT2D eigenvalue weighted by Crippen LogP contribution is -2.48. The SMILES string of the molecule is COC(=O)Cn1c2c(c(=O)n3nc(-c4ccc(CN(C)C)cc4F)nc13)C1(CCN(C(=O)OC(C)(C)C)CC1)OC2C.